The van der Waals surface area contributed by atoms with Gasteiger partial charge in [0.25, 0.3) is 0 Å². The average Bonchev–Trinajstić information content (AvgIpc) is 2.96. The zero-order chi connectivity index (χ0) is 12.5. The first-order valence-electron chi connectivity index (χ1n) is 6.30. The molecule has 1 saturated carbocycles. The molecular formula is C13H15N3O2. The molecule has 0 amide bonds. The van der Waals surface area contributed by atoms with Gasteiger partial charge in [-0.15, -0.1) is 5.10 Å². The van der Waals surface area contributed by atoms with Crippen molar-refractivity contribution in [2.45, 2.75) is 38.1 Å². The summed E-state index contributed by atoms with van der Waals surface area (Å²) in [7, 11) is 0. The fraction of sp³-hybridized carbons (Fsp3) is 0.462. The zero-order valence-electron chi connectivity index (χ0n) is 10.0. The van der Waals surface area contributed by atoms with Gasteiger partial charge in [-0.25, -0.2) is 4.68 Å². The molecule has 0 unspecified atom stereocenters. The van der Waals surface area contributed by atoms with E-state index in [1.165, 1.54) is 12.8 Å². The van der Waals surface area contributed by atoms with Gasteiger partial charge in [0.1, 0.15) is 5.52 Å². The summed E-state index contributed by atoms with van der Waals surface area (Å²) in [6.45, 7) is 0. The van der Waals surface area contributed by atoms with Crippen molar-refractivity contribution in [3.05, 3.63) is 23.8 Å². The number of aromatic nitrogens is 3. The van der Waals surface area contributed by atoms with Crippen LogP contribution >= 0.6 is 0 Å². The van der Waals surface area contributed by atoms with Crippen molar-refractivity contribution in [3.63, 3.8) is 0 Å². The first-order chi connectivity index (χ1) is 8.75. The normalized spacial score (nSPS) is 16.4. The number of benzene rings is 1. The first-order valence-corrected chi connectivity index (χ1v) is 6.30. The third-order valence-electron chi connectivity index (χ3n) is 3.59. The lowest BCUT2D eigenvalue weighted by Gasteiger charge is -2.11. The number of para-hydroxylation sites is 1. The third kappa shape index (κ3) is 1.85. The number of carboxylic acid groups (broad SMARTS) is 1. The smallest absolute Gasteiger partial charge is 0.307 e. The van der Waals surface area contributed by atoms with E-state index in [1.807, 2.05) is 22.9 Å². The first kappa shape index (κ1) is 11.2. The van der Waals surface area contributed by atoms with Crippen LogP contribution in [0.5, 0.6) is 0 Å². The number of hydrogen-bond acceptors (Lipinski definition) is 3. The van der Waals surface area contributed by atoms with Crippen LogP contribution in [0.1, 0.15) is 37.3 Å². The number of carbonyl (C=O) groups is 1. The molecule has 0 aliphatic heterocycles. The van der Waals surface area contributed by atoms with E-state index in [2.05, 4.69) is 10.3 Å². The van der Waals surface area contributed by atoms with E-state index in [9.17, 15) is 4.79 Å². The molecule has 0 bridgehead atoms. The molecule has 0 spiro atoms. The minimum atomic E-state index is -0.818. The molecular weight excluding hydrogens is 230 g/mol. The Morgan fingerprint density at radius 1 is 1.39 bits per heavy atom. The Hall–Kier alpha value is -1.91. The van der Waals surface area contributed by atoms with Crippen LogP contribution in [0.4, 0.5) is 0 Å². The van der Waals surface area contributed by atoms with Crippen molar-refractivity contribution in [3.8, 4) is 0 Å². The number of rotatable bonds is 3. The molecule has 3 rings (SSSR count). The molecule has 1 aliphatic rings. The van der Waals surface area contributed by atoms with Crippen molar-refractivity contribution in [1.82, 2.24) is 15.0 Å². The van der Waals surface area contributed by atoms with E-state index >= 15 is 0 Å². The summed E-state index contributed by atoms with van der Waals surface area (Å²) in [5.41, 5.74) is 2.49. The summed E-state index contributed by atoms with van der Waals surface area (Å²) in [6.07, 6.45) is 4.68. The molecule has 0 atom stereocenters. The van der Waals surface area contributed by atoms with Gasteiger partial charge in [0.2, 0.25) is 0 Å². The van der Waals surface area contributed by atoms with Crippen LogP contribution in [0.3, 0.4) is 0 Å². The van der Waals surface area contributed by atoms with Gasteiger partial charge in [-0.3, -0.25) is 4.79 Å². The Morgan fingerprint density at radius 3 is 2.89 bits per heavy atom. The lowest BCUT2D eigenvalue weighted by atomic mass is 10.1. The van der Waals surface area contributed by atoms with Gasteiger partial charge in [0, 0.05) is 0 Å². The lowest BCUT2D eigenvalue weighted by Crippen LogP contribution is -2.09. The number of fused-ring (bicyclic) bond motifs is 1. The van der Waals surface area contributed by atoms with Crippen LogP contribution in [-0.4, -0.2) is 26.1 Å². The highest BCUT2D eigenvalue weighted by atomic mass is 16.4. The second-order valence-corrected chi connectivity index (χ2v) is 4.83. The Kier molecular flexibility index (Phi) is 2.74. The predicted octanol–water partition coefficient (Wildman–Crippen LogP) is 2.17. The van der Waals surface area contributed by atoms with E-state index in [0.717, 1.165) is 29.4 Å². The van der Waals surface area contributed by atoms with Crippen LogP contribution in [0, 0.1) is 0 Å². The lowest BCUT2D eigenvalue weighted by molar-refractivity contribution is -0.136. The van der Waals surface area contributed by atoms with Crippen LogP contribution in [0.25, 0.3) is 11.0 Å². The van der Waals surface area contributed by atoms with E-state index in [0.29, 0.717) is 6.04 Å². The fourth-order valence-electron chi connectivity index (χ4n) is 2.77. The van der Waals surface area contributed by atoms with Gasteiger partial charge in [0.05, 0.1) is 18.0 Å². The van der Waals surface area contributed by atoms with Gasteiger partial charge < -0.3 is 5.11 Å². The number of aliphatic carboxylic acids is 1. The summed E-state index contributed by atoms with van der Waals surface area (Å²) in [5.74, 6) is -0.818. The monoisotopic (exact) mass is 245 g/mol. The summed E-state index contributed by atoms with van der Waals surface area (Å²) >= 11 is 0. The molecule has 1 aromatic heterocycles. The van der Waals surface area contributed by atoms with Crippen molar-refractivity contribution in [1.29, 1.82) is 0 Å². The van der Waals surface area contributed by atoms with Crippen molar-refractivity contribution in [2.75, 3.05) is 0 Å². The number of carboxylic acids is 1. The highest BCUT2D eigenvalue weighted by molar-refractivity contribution is 5.83. The Morgan fingerprint density at radius 2 is 2.17 bits per heavy atom. The Labute approximate surface area is 104 Å². The van der Waals surface area contributed by atoms with E-state index in [-0.39, 0.29) is 6.42 Å². The van der Waals surface area contributed by atoms with Crippen LogP contribution in [0.15, 0.2) is 18.2 Å². The second kappa shape index (κ2) is 4.40. The van der Waals surface area contributed by atoms with Crippen molar-refractivity contribution >= 4 is 17.0 Å². The van der Waals surface area contributed by atoms with Gasteiger partial charge in [-0.05, 0) is 24.5 Å². The molecule has 1 aliphatic carbocycles. The molecule has 1 N–H and O–H groups in total. The number of nitrogens with zero attached hydrogens (tertiary/aromatic N) is 3. The SMILES string of the molecule is O=C(O)Cc1cccc2nnn(C3CCCC3)c12. The standard InChI is InChI=1S/C13H15N3O2/c17-12(18)8-9-4-3-7-11-13(9)16(15-14-11)10-5-1-2-6-10/h3-4,7,10H,1-2,5-6,8H2,(H,17,18). The molecule has 2 aromatic rings. The summed E-state index contributed by atoms with van der Waals surface area (Å²) in [5, 5.41) is 17.3. The molecule has 94 valence electrons. The van der Waals surface area contributed by atoms with E-state index < -0.39 is 5.97 Å². The number of hydrogen-bond donors (Lipinski definition) is 1. The topological polar surface area (TPSA) is 68.0 Å². The van der Waals surface area contributed by atoms with Crippen molar-refractivity contribution in [2.24, 2.45) is 0 Å². The minimum Gasteiger partial charge on any atom is -0.481 e. The van der Waals surface area contributed by atoms with Gasteiger partial charge in [-0.2, -0.15) is 0 Å². The third-order valence-corrected chi connectivity index (χ3v) is 3.59. The summed E-state index contributed by atoms with van der Waals surface area (Å²) in [4.78, 5) is 10.9. The highest BCUT2D eigenvalue weighted by Gasteiger charge is 2.21. The summed E-state index contributed by atoms with van der Waals surface area (Å²) < 4.78 is 1.93. The van der Waals surface area contributed by atoms with Gasteiger partial charge in [0.15, 0.2) is 0 Å². The maximum Gasteiger partial charge on any atom is 0.307 e. The molecule has 1 fully saturated rings. The molecule has 1 heterocycles. The molecule has 5 nitrogen and oxygen atoms in total. The Balaban J connectivity index is 2.11. The molecule has 18 heavy (non-hydrogen) atoms. The minimum absolute atomic E-state index is 0.0252. The van der Waals surface area contributed by atoms with Crippen molar-refractivity contribution < 1.29 is 9.90 Å². The zero-order valence-corrected chi connectivity index (χ0v) is 10.0. The van der Waals surface area contributed by atoms with Gasteiger partial charge in [-0.1, -0.05) is 30.2 Å². The summed E-state index contributed by atoms with van der Waals surface area (Å²) in [6, 6.07) is 5.96. The Bertz CT molecular complexity index is 585. The van der Waals surface area contributed by atoms with Gasteiger partial charge >= 0.3 is 5.97 Å². The largest absolute Gasteiger partial charge is 0.481 e. The molecule has 0 radical (unpaired) electrons. The highest BCUT2D eigenvalue weighted by Crippen LogP contribution is 2.32. The molecule has 0 saturated heterocycles. The van der Waals surface area contributed by atoms with Crippen LogP contribution in [-0.2, 0) is 11.2 Å². The maximum absolute atomic E-state index is 10.9. The molecule has 1 aromatic carbocycles. The van der Waals surface area contributed by atoms with Crippen LogP contribution in [0.2, 0.25) is 0 Å². The fourth-order valence-corrected chi connectivity index (χ4v) is 2.77. The molecule has 5 heteroatoms. The average molecular weight is 245 g/mol. The predicted molar refractivity (Wildman–Crippen MR) is 66.4 cm³/mol. The maximum atomic E-state index is 10.9. The van der Waals surface area contributed by atoms with E-state index in [4.69, 9.17) is 5.11 Å². The van der Waals surface area contributed by atoms with E-state index in [1.54, 1.807) is 0 Å². The van der Waals surface area contributed by atoms with Crippen LogP contribution < -0.4 is 0 Å². The quantitative estimate of drug-likeness (QED) is 0.899. The second-order valence-electron chi connectivity index (χ2n) is 4.83.